The lowest BCUT2D eigenvalue weighted by molar-refractivity contribution is 0.907. The molecule has 0 atom stereocenters. The van der Waals surface area contributed by atoms with Crippen molar-refractivity contribution in [1.29, 1.82) is 0 Å². The Morgan fingerprint density at radius 3 is 2.64 bits per heavy atom. The van der Waals surface area contributed by atoms with E-state index < -0.39 is 0 Å². The van der Waals surface area contributed by atoms with Gasteiger partial charge >= 0.3 is 0 Å². The van der Waals surface area contributed by atoms with Crippen LogP contribution < -0.4 is 5.73 Å². The maximum absolute atomic E-state index is 5.72. The van der Waals surface area contributed by atoms with E-state index in [0.717, 1.165) is 17.6 Å². The summed E-state index contributed by atoms with van der Waals surface area (Å²) < 4.78 is 1.76. The number of aromatic nitrogens is 2. The molecule has 0 spiro atoms. The van der Waals surface area contributed by atoms with Crippen LogP contribution in [0.5, 0.6) is 0 Å². The number of nitrogens with zero attached hydrogens (tertiary/aromatic N) is 2. The highest BCUT2D eigenvalue weighted by Gasteiger charge is 2.00. The van der Waals surface area contributed by atoms with Gasteiger partial charge in [-0.15, -0.1) is 24.8 Å². The van der Waals surface area contributed by atoms with Crippen LogP contribution in [0.15, 0.2) is 24.3 Å². The number of fused-ring (bicyclic) bond motifs is 1. The summed E-state index contributed by atoms with van der Waals surface area (Å²) in [4.78, 5) is 0. The van der Waals surface area contributed by atoms with Gasteiger partial charge in [0.05, 0.1) is 11.2 Å². The first-order chi connectivity index (χ1) is 5.81. The fourth-order valence-electron chi connectivity index (χ4n) is 1.26. The zero-order valence-corrected chi connectivity index (χ0v) is 9.44. The molecule has 0 radical (unpaired) electrons. The van der Waals surface area contributed by atoms with Crippen molar-refractivity contribution in [2.75, 3.05) is 5.73 Å². The van der Waals surface area contributed by atoms with Gasteiger partial charge in [-0.25, -0.2) is 4.52 Å². The molecule has 0 aliphatic heterocycles. The Morgan fingerprint density at radius 2 is 2.07 bits per heavy atom. The number of halogens is 2. The Bertz CT molecular complexity index is 411. The number of anilines is 1. The molecule has 0 aliphatic rings. The highest BCUT2D eigenvalue weighted by atomic mass is 35.5. The molecule has 0 saturated heterocycles. The predicted molar refractivity (Wildman–Crippen MR) is 63.5 cm³/mol. The molecule has 2 aromatic rings. The molecule has 3 nitrogen and oxygen atoms in total. The highest BCUT2D eigenvalue weighted by Crippen LogP contribution is 2.10. The third-order valence-corrected chi connectivity index (χ3v) is 1.93. The summed E-state index contributed by atoms with van der Waals surface area (Å²) in [5, 5.41) is 4.32. The summed E-state index contributed by atoms with van der Waals surface area (Å²) in [6, 6.07) is 7.84. The standard InChI is InChI=1S/C9H11N3.2ClH/c1-2-7-6-8-4-3-5-9(10)12(8)11-7;;/h3-6H,2,10H2,1H3;2*1H. The zero-order valence-electron chi connectivity index (χ0n) is 7.80. The molecule has 0 aliphatic carbocycles. The summed E-state index contributed by atoms with van der Waals surface area (Å²) in [5.74, 6) is 0.687. The lowest BCUT2D eigenvalue weighted by Crippen LogP contribution is -1.97. The van der Waals surface area contributed by atoms with Gasteiger partial charge in [0, 0.05) is 0 Å². The van der Waals surface area contributed by atoms with E-state index in [9.17, 15) is 0 Å². The van der Waals surface area contributed by atoms with Crippen LogP contribution >= 0.6 is 24.8 Å². The summed E-state index contributed by atoms with van der Waals surface area (Å²) in [7, 11) is 0. The average molecular weight is 234 g/mol. The number of nitrogens with two attached hydrogens (primary N) is 1. The molecule has 2 N–H and O–H groups in total. The number of aryl methyl sites for hydroxylation is 1. The molecule has 2 rings (SSSR count). The number of hydrogen-bond donors (Lipinski definition) is 1. The first kappa shape index (κ1) is 13.1. The minimum absolute atomic E-state index is 0. The van der Waals surface area contributed by atoms with Gasteiger partial charge in [0.1, 0.15) is 5.82 Å². The second kappa shape index (κ2) is 5.08. The van der Waals surface area contributed by atoms with Gasteiger partial charge in [-0.1, -0.05) is 13.0 Å². The van der Waals surface area contributed by atoms with Crippen molar-refractivity contribution >= 4 is 36.1 Å². The molecule has 5 heteroatoms. The van der Waals surface area contributed by atoms with E-state index in [2.05, 4.69) is 18.1 Å². The second-order valence-corrected chi connectivity index (χ2v) is 2.78. The molecular formula is C9H13Cl2N3. The van der Waals surface area contributed by atoms with Gasteiger partial charge in [0.15, 0.2) is 0 Å². The Morgan fingerprint density at radius 1 is 1.36 bits per heavy atom. The summed E-state index contributed by atoms with van der Waals surface area (Å²) in [6.45, 7) is 2.08. The van der Waals surface area contributed by atoms with E-state index in [1.807, 2.05) is 18.2 Å². The molecule has 0 saturated carbocycles. The lowest BCUT2D eigenvalue weighted by Gasteiger charge is -1.95. The zero-order chi connectivity index (χ0) is 8.55. The third kappa shape index (κ3) is 2.11. The molecule has 2 aromatic heterocycles. The van der Waals surface area contributed by atoms with Crippen molar-refractivity contribution in [3.63, 3.8) is 0 Å². The predicted octanol–water partition coefficient (Wildman–Crippen LogP) is 2.32. The van der Waals surface area contributed by atoms with Gasteiger partial charge < -0.3 is 5.73 Å². The number of pyridine rings is 1. The van der Waals surface area contributed by atoms with Crippen LogP contribution in [0.4, 0.5) is 5.82 Å². The smallest absolute Gasteiger partial charge is 0.125 e. The van der Waals surface area contributed by atoms with E-state index >= 15 is 0 Å². The van der Waals surface area contributed by atoms with Crippen LogP contribution in [-0.4, -0.2) is 9.61 Å². The first-order valence-electron chi connectivity index (χ1n) is 4.04. The summed E-state index contributed by atoms with van der Waals surface area (Å²) >= 11 is 0. The quantitative estimate of drug-likeness (QED) is 0.822. The highest BCUT2D eigenvalue weighted by molar-refractivity contribution is 5.85. The molecular weight excluding hydrogens is 221 g/mol. The van der Waals surface area contributed by atoms with Crippen LogP contribution in [0.3, 0.4) is 0 Å². The van der Waals surface area contributed by atoms with Gasteiger partial charge in [-0.2, -0.15) is 5.10 Å². The molecule has 78 valence electrons. The number of rotatable bonds is 1. The van der Waals surface area contributed by atoms with Crippen molar-refractivity contribution in [2.45, 2.75) is 13.3 Å². The fourth-order valence-corrected chi connectivity index (χ4v) is 1.26. The molecule has 14 heavy (non-hydrogen) atoms. The topological polar surface area (TPSA) is 43.3 Å². The Kier molecular flexibility index (Phi) is 4.74. The van der Waals surface area contributed by atoms with E-state index in [1.165, 1.54) is 0 Å². The normalized spacial score (nSPS) is 9.21. The Labute approximate surface area is 95.1 Å². The summed E-state index contributed by atoms with van der Waals surface area (Å²) in [6.07, 6.45) is 0.946. The largest absolute Gasteiger partial charge is 0.384 e. The van der Waals surface area contributed by atoms with E-state index in [0.29, 0.717) is 5.82 Å². The van der Waals surface area contributed by atoms with Crippen LogP contribution in [0.2, 0.25) is 0 Å². The maximum Gasteiger partial charge on any atom is 0.125 e. The van der Waals surface area contributed by atoms with Crippen molar-refractivity contribution in [3.05, 3.63) is 30.0 Å². The van der Waals surface area contributed by atoms with Crippen LogP contribution in [0.1, 0.15) is 12.6 Å². The second-order valence-electron chi connectivity index (χ2n) is 2.78. The fraction of sp³-hybridized carbons (Fsp3) is 0.222. The molecule has 0 unspecified atom stereocenters. The molecule has 0 bridgehead atoms. The van der Waals surface area contributed by atoms with Crippen molar-refractivity contribution in [2.24, 2.45) is 0 Å². The van der Waals surface area contributed by atoms with Crippen molar-refractivity contribution in [3.8, 4) is 0 Å². The van der Waals surface area contributed by atoms with Crippen molar-refractivity contribution in [1.82, 2.24) is 9.61 Å². The van der Waals surface area contributed by atoms with Gasteiger partial charge in [0.25, 0.3) is 0 Å². The van der Waals surface area contributed by atoms with Crippen LogP contribution in [-0.2, 0) is 6.42 Å². The van der Waals surface area contributed by atoms with Crippen molar-refractivity contribution < 1.29 is 0 Å². The SMILES string of the molecule is CCc1cc2cccc(N)n2n1.Cl.Cl. The minimum atomic E-state index is 0. The van der Waals surface area contributed by atoms with Crippen LogP contribution in [0.25, 0.3) is 5.52 Å². The number of nitrogen functional groups attached to an aromatic ring is 1. The van der Waals surface area contributed by atoms with Crippen LogP contribution in [0, 0.1) is 0 Å². The molecule has 0 aromatic carbocycles. The monoisotopic (exact) mass is 233 g/mol. The van der Waals surface area contributed by atoms with E-state index in [4.69, 9.17) is 5.73 Å². The molecule has 0 amide bonds. The summed E-state index contributed by atoms with van der Waals surface area (Å²) in [5.41, 5.74) is 7.86. The maximum atomic E-state index is 5.72. The Balaban J connectivity index is 0.000000845. The van der Waals surface area contributed by atoms with Gasteiger partial charge in [-0.3, -0.25) is 0 Å². The van der Waals surface area contributed by atoms with Gasteiger partial charge in [-0.05, 0) is 24.6 Å². The van der Waals surface area contributed by atoms with E-state index in [1.54, 1.807) is 4.52 Å². The number of hydrogen-bond acceptors (Lipinski definition) is 2. The third-order valence-electron chi connectivity index (χ3n) is 1.93. The lowest BCUT2D eigenvalue weighted by atomic mass is 10.3. The average Bonchev–Trinajstić information content (AvgIpc) is 2.49. The minimum Gasteiger partial charge on any atom is -0.384 e. The molecule has 2 heterocycles. The Hall–Kier alpha value is -0.930. The van der Waals surface area contributed by atoms with Gasteiger partial charge in [0.2, 0.25) is 0 Å². The molecule has 0 fully saturated rings. The first-order valence-corrected chi connectivity index (χ1v) is 4.04. The van der Waals surface area contributed by atoms with E-state index in [-0.39, 0.29) is 24.8 Å².